The van der Waals surface area contributed by atoms with Crippen molar-refractivity contribution in [3.63, 3.8) is 0 Å². The van der Waals surface area contributed by atoms with E-state index in [0.717, 1.165) is 12.5 Å². The van der Waals surface area contributed by atoms with E-state index in [9.17, 15) is 8.78 Å². The van der Waals surface area contributed by atoms with Crippen LogP contribution >= 0.6 is 0 Å². The van der Waals surface area contributed by atoms with Crippen LogP contribution in [0.5, 0.6) is 0 Å². The highest BCUT2D eigenvalue weighted by Crippen LogP contribution is 2.57. The van der Waals surface area contributed by atoms with Gasteiger partial charge in [0.2, 0.25) is 0 Å². The van der Waals surface area contributed by atoms with Gasteiger partial charge < -0.3 is 5.73 Å². The number of halogens is 2. The van der Waals surface area contributed by atoms with Crippen LogP contribution in [-0.2, 0) is 5.41 Å². The Morgan fingerprint density at radius 1 is 1.44 bits per heavy atom. The number of hydrogen-bond acceptors (Lipinski definition) is 1. The lowest BCUT2D eigenvalue weighted by Crippen LogP contribution is -2.25. The fourth-order valence-corrected chi connectivity index (χ4v) is 2.75. The summed E-state index contributed by atoms with van der Waals surface area (Å²) in [6, 6.07) is 3.80. The van der Waals surface area contributed by atoms with Gasteiger partial charge in [0.25, 0.3) is 0 Å². The van der Waals surface area contributed by atoms with Gasteiger partial charge >= 0.3 is 0 Å². The zero-order valence-corrected chi connectivity index (χ0v) is 9.63. The smallest absolute Gasteiger partial charge is 0.129 e. The van der Waals surface area contributed by atoms with E-state index in [1.807, 2.05) is 0 Å². The van der Waals surface area contributed by atoms with Crippen molar-refractivity contribution in [3.8, 4) is 0 Å². The Kier molecular flexibility index (Phi) is 2.74. The van der Waals surface area contributed by atoms with Crippen molar-refractivity contribution in [2.24, 2.45) is 17.6 Å². The summed E-state index contributed by atoms with van der Waals surface area (Å²) < 4.78 is 26.6. The fourth-order valence-electron chi connectivity index (χ4n) is 2.75. The van der Waals surface area contributed by atoms with Crippen LogP contribution < -0.4 is 5.73 Å². The Labute approximate surface area is 94.7 Å². The van der Waals surface area contributed by atoms with Gasteiger partial charge in [0.1, 0.15) is 11.6 Å². The average molecular weight is 225 g/mol. The first-order valence-electron chi connectivity index (χ1n) is 5.67. The molecule has 1 aliphatic rings. The van der Waals surface area contributed by atoms with Gasteiger partial charge in [-0.15, -0.1) is 0 Å². The molecule has 2 rings (SSSR count). The predicted molar refractivity (Wildman–Crippen MR) is 60.0 cm³/mol. The Hall–Kier alpha value is -0.960. The molecule has 1 aliphatic carbocycles. The van der Waals surface area contributed by atoms with Gasteiger partial charge in [0, 0.05) is 18.0 Å². The van der Waals surface area contributed by atoms with Gasteiger partial charge in [-0.3, -0.25) is 0 Å². The molecule has 0 heterocycles. The molecule has 0 spiro atoms. The van der Waals surface area contributed by atoms with Crippen LogP contribution in [0.25, 0.3) is 0 Å². The molecular weight excluding hydrogens is 208 g/mol. The molecule has 2 atom stereocenters. The molecule has 0 saturated heterocycles. The van der Waals surface area contributed by atoms with Gasteiger partial charge in [-0.25, -0.2) is 8.78 Å². The first kappa shape index (κ1) is 11.5. The van der Waals surface area contributed by atoms with Crippen molar-refractivity contribution in [1.29, 1.82) is 0 Å². The molecule has 88 valence electrons. The summed E-state index contributed by atoms with van der Waals surface area (Å²) in [5.41, 5.74) is 6.10. The molecule has 0 amide bonds. The lowest BCUT2D eigenvalue weighted by atomic mass is 9.89. The summed E-state index contributed by atoms with van der Waals surface area (Å²) in [7, 11) is 0. The van der Waals surface area contributed by atoms with Gasteiger partial charge in [-0.1, -0.05) is 19.9 Å². The minimum atomic E-state index is -0.532. The van der Waals surface area contributed by atoms with Gasteiger partial charge in [-0.05, 0) is 29.9 Å². The van der Waals surface area contributed by atoms with Crippen LogP contribution in [0, 0.1) is 23.5 Å². The van der Waals surface area contributed by atoms with Crippen molar-refractivity contribution in [1.82, 2.24) is 0 Å². The average Bonchev–Trinajstić information content (AvgIpc) is 2.93. The number of nitrogens with two attached hydrogens (primary N) is 1. The monoisotopic (exact) mass is 225 g/mol. The summed E-state index contributed by atoms with van der Waals surface area (Å²) in [6.45, 7) is 4.66. The molecule has 3 heteroatoms. The van der Waals surface area contributed by atoms with E-state index < -0.39 is 11.6 Å². The van der Waals surface area contributed by atoms with Crippen molar-refractivity contribution < 1.29 is 8.78 Å². The summed E-state index contributed by atoms with van der Waals surface area (Å²) >= 11 is 0. The van der Waals surface area contributed by atoms with E-state index in [4.69, 9.17) is 5.73 Å². The van der Waals surface area contributed by atoms with Crippen molar-refractivity contribution >= 4 is 0 Å². The minimum absolute atomic E-state index is 0.258. The summed E-state index contributed by atoms with van der Waals surface area (Å²) in [4.78, 5) is 0. The maximum Gasteiger partial charge on any atom is 0.129 e. The van der Waals surface area contributed by atoms with Crippen LogP contribution in [-0.4, -0.2) is 6.54 Å². The predicted octanol–water partition coefficient (Wildman–Crippen LogP) is 2.84. The number of rotatable bonds is 3. The second kappa shape index (κ2) is 3.81. The molecule has 1 saturated carbocycles. The highest BCUT2D eigenvalue weighted by atomic mass is 19.1. The van der Waals surface area contributed by atoms with Gasteiger partial charge in [-0.2, -0.15) is 0 Å². The molecule has 0 aliphatic heterocycles. The van der Waals surface area contributed by atoms with Crippen LogP contribution in [0.15, 0.2) is 18.2 Å². The first-order chi connectivity index (χ1) is 7.51. The van der Waals surface area contributed by atoms with Crippen LogP contribution in [0.2, 0.25) is 0 Å². The van der Waals surface area contributed by atoms with Crippen LogP contribution in [0.1, 0.15) is 25.8 Å². The molecule has 1 fully saturated rings. The van der Waals surface area contributed by atoms with E-state index in [1.165, 1.54) is 6.07 Å². The zero-order chi connectivity index (χ0) is 11.9. The molecule has 0 bridgehead atoms. The number of benzene rings is 1. The molecule has 16 heavy (non-hydrogen) atoms. The topological polar surface area (TPSA) is 26.0 Å². The Balaban J connectivity index is 2.36. The normalized spacial score (nSPS) is 28.5. The molecule has 1 aromatic carbocycles. The Morgan fingerprint density at radius 2 is 2.12 bits per heavy atom. The lowest BCUT2D eigenvalue weighted by Gasteiger charge is -2.18. The molecule has 0 radical (unpaired) electrons. The third-order valence-corrected chi connectivity index (χ3v) is 3.77. The molecular formula is C13H17F2N. The van der Waals surface area contributed by atoms with Crippen LogP contribution in [0.4, 0.5) is 8.78 Å². The second-order valence-electron chi connectivity index (χ2n) is 5.04. The fraction of sp³-hybridized carbons (Fsp3) is 0.538. The van der Waals surface area contributed by atoms with E-state index in [0.29, 0.717) is 23.9 Å². The van der Waals surface area contributed by atoms with Crippen molar-refractivity contribution in [2.45, 2.75) is 25.7 Å². The standard InChI is InChI=1S/C13H17F2N/c1-8(2)11-6-13(11,7-16)10-4-3-9(14)5-12(10)15/h3-5,8,11H,6-7,16H2,1-2H3. The Bertz CT molecular complexity index is 403. The molecule has 2 unspecified atom stereocenters. The quantitative estimate of drug-likeness (QED) is 0.841. The highest BCUT2D eigenvalue weighted by molar-refractivity contribution is 5.36. The molecule has 1 nitrogen and oxygen atoms in total. The zero-order valence-electron chi connectivity index (χ0n) is 9.63. The van der Waals surface area contributed by atoms with E-state index in [1.54, 1.807) is 6.07 Å². The number of hydrogen-bond donors (Lipinski definition) is 1. The van der Waals surface area contributed by atoms with Crippen molar-refractivity contribution in [3.05, 3.63) is 35.4 Å². The van der Waals surface area contributed by atoms with Gasteiger partial charge in [0.15, 0.2) is 0 Å². The highest BCUT2D eigenvalue weighted by Gasteiger charge is 2.56. The van der Waals surface area contributed by atoms with Gasteiger partial charge in [0.05, 0.1) is 0 Å². The summed E-state index contributed by atoms with van der Waals surface area (Å²) in [6.07, 6.45) is 0.906. The van der Waals surface area contributed by atoms with E-state index in [2.05, 4.69) is 13.8 Å². The summed E-state index contributed by atoms with van der Waals surface area (Å²) in [5.74, 6) is -0.103. The largest absolute Gasteiger partial charge is 0.330 e. The van der Waals surface area contributed by atoms with E-state index >= 15 is 0 Å². The third-order valence-electron chi connectivity index (χ3n) is 3.77. The van der Waals surface area contributed by atoms with E-state index in [-0.39, 0.29) is 5.41 Å². The second-order valence-corrected chi connectivity index (χ2v) is 5.04. The van der Waals surface area contributed by atoms with Crippen molar-refractivity contribution in [2.75, 3.05) is 6.54 Å². The Morgan fingerprint density at radius 3 is 2.56 bits per heavy atom. The van der Waals surface area contributed by atoms with Crippen LogP contribution in [0.3, 0.4) is 0 Å². The lowest BCUT2D eigenvalue weighted by molar-refractivity contribution is 0.465. The first-order valence-corrected chi connectivity index (χ1v) is 5.67. The maximum absolute atomic E-state index is 13.7. The third kappa shape index (κ3) is 1.63. The molecule has 0 aromatic heterocycles. The molecule has 2 N–H and O–H groups in total. The molecule has 1 aromatic rings. The SMILES string of the molecule is CC(C)C1CC1(CN)c1ccc(F)cc1F. The summed E-state index contributed by atoms with van der Waals surface area (Å²) in [5, 5.41) is 0. The minimum Gasteiger partial charge on any atom is -0.330 e. The maximum atomic E-state index is 13.7.